The summed E-state index contributed by atoms with van der Waals surface area (Å²) in [5, 5.41) is 6.08. The van der Waals surface area contributed by atoms with Gasteiger partial charge in [0.15, 0.2) is 4.54 Å². The van der Waals surface area contributed by atoms with Gasteiger partial charge in [0.25, 0.3) is 0 Å². The zero-order chi connectivity index (χ0) is 26.9. The molecule has 0 atom stereocenters. The van der Waals surface area contributed by atoms with Gasteiger partial charge in [-0.3, -0.25) is 0 Å². The van der Waals surface area contributed by atoms with E-state index >= 15 is 0 Å². The van der Waals surface area contributed by atoms with E-state index in [1.165, 1.54) is 5.69 Å². The summed E-state index contributed by atoms with van der Waals surface area (Å²) >= 11 is 1.65. The minimum atomic E-state index is 0.435. The second-order valence-corrected chi connectivity index (χ2v) is 10.7. The van der Waals surface area contributed by atoms with Gasteiger partial charge in [-0.1, -0.05) is 16.8 Å². The van der Waals surface area contributed by atoms with E-state index in [0.717, 1.165) is 52.2 Å². The fourth-order valence-electron chi connectivity index (χ4n) is 4.97. The van der Waals surface area contributed by atoms with E-state index < -0.39 is 0 Å². The highest BCUT2D eigenvalue weighted by Gasteiger charge is 2.23. The van der Waals surface area contributed by atoms with Crippen LogP contribution in [0.15, 0.2) is 72.2 Å². The minimum absolute atomic E-state index is 0.435. The molecule has 0 amide bonds. The van der Waals surface area contributed by atoms with Crippen LogP contribution in [-0.2, 0) is 6.54 Å². The van der Waals surface area contributed by atoms with E-state index in [1.807, 2.05) is 48.7 Å². The van der Waals surface area contributed by atoms with Gasteiger partial charge in [-0.25, -0.2) is 4.98 Å². The molecule has 0 saturated carbocycles. The summed E-state index contributed by atoms with van der Waals surface area (Å²) in [4.78, 5) is 28.6. The molecule has 0 radical (unpaired) electrons. The molecule has 2 aromatic carbocycles. The Bertz CT molecular complexity index is 1670. The monoisotopic (exact) mass is 539 g/mol. The number of benzene rings is 2. The molecule has 10 heteroatoms. The average molecular weight is 540 g/mol. The van der Waals surface area contributed by atoms with Gasteiger partial charge >= 0.3 is 5.69 Å². The third-order valence-corrected chi connectivity index (χ3v) is 8.10. The van der Waals surface area contributed by atoms with Crippen LogP contribution in [0.2, 0.25) is 0 Å². The predicted octanol–water partition coefficient (Wildman–Crippen LogP) is 4.84. The molecule has 0 spiro atoms. The molecule has 39 heavy (non-hydrogen) atoms. The number of likely N-dealkylation sites (N-methyl/N-ethyl adjacent to an activating group) is 1. The van der Waals surface area contributed by atoms with Gasteiger partial charge in [0.1, 0.15) is 0 Å². The number of aromatic nitrogens is 4. The normalized spacial score (nSPS) is 14.2. The Hall–Kier alpha value is -4.28. The second-order valence-electron chi connectivity index (χ2n) is 9.73. The molecule has 9 nitrogen and oxygen atoms in total. The molecular weight excluding hydrogens is 508 g/mol. The maximum absolute atomic E-state index is 13.5. The third kappa shape index (κ3) is 4.96. The number of hydrogen-bond acceptors (Lipinski definition) is 8. The number of fused-ring (bicyclic) bond motifs is 1. The molecule has 1 saturated heterocycles. The topological polar surface area (TPSA) is 98.2 Å². The first kappa shape index (κ1) is 25.0. The van der Waals surface area contributed by atoms with Crippen LogP contribution in [0.4, 0.5) is 23.0 Å². The Morgan fingerprint density at radius 2 is 1.85 bits per heavy atom. The summed E-state index contributed by atoms with van der Waals surface area (Å²) in [5.41, 5.74) is 11.8. The van der Waals surface area contributed by atoms with Crippen molar-refractivity contribution in [1.82, 2.24) is 19.5 Å². The smallest absolute Gasteiger partial charge is 0.302 e. The summed E-state index contributed by atoms with van der Waals surface area (Å²) in [6.07, 6.45) is 1.75. The fraction of sp³-hybridized carbons (Fsp3) is 0.241. The molecule has 3 N–H and O–H groups in total. The predicted molar refractivity (Wildman–Crippen MR) is 159 cm³/mol. The summed E-state index contributed by atoms with van der Waals surface area (Å²) in [5.74, 6) is 0.435. The maximum atomic E-state index is 13.5. The Morgan fingerprint density at radius 3 is 2.54 bits per heavy atom. The van der Waals surface area contributed by atoms with Crippen molar-refractivity contribution in [3.05, 3.63) is 77.1 Å². The van der Waals surface area contributed by atoms with E-state index in [0.29, 0.717) is 35.1 Å². The van der Waals surface area contributed by atoms with E-state index in [2.05, 4.69) is 45.3 Å². The van der Waals surface area contributed by atoms with Crippen molar-refractivity contribution in [1.29, 1.82) is 0 Å². The molecule has 6 rings (SSSR count). The number of nitrogen functional groups attached to an aromatic ring is 1. The molecular formula is C29H31N8OS+. The van der Waals surface area contributed by atoms with Crippen molar-refractivity contribution in [2.45, 2.75) is 13.5 Å². The molecule has 1 aliphatic rings. The molecule has 1 aliphatic heterocycles. The number of nitrogens with two attached hydrogens (primary N) is 1. The Labute approximate surface area is 230 Å². The molecule has 3 aromatic heterocycles. The zero-order valence-electron chi connectivity index (χ0n) is 22.0. The Kier molecular flexibility index (Phi) is 6.72. The van der Waals surface area contributed by atoms with Crippen molar-refractivity contribution < 1.29 is 4.54 Å². The number of hydrogen-bond donors (Lipinski definition) is 2. The van der Waals surface area contributed by atoms with Crippen LogP contribution in [0.1, 0.15) is 6.92 Å². The molecule has 1 fully saturated rings. The molecule has 198 valence electrons. The highest BCUT2D eigenvalue weighted by molar-refractivity contribution is 7.13. The summed E-state index contributed by atoms with van der Waals surface area (Å²) < 4.78 is 2.47. The molecule has 5 aromatic rings. The fourth-order valence-corrected chi connectivity index (χ4v) is 5.69. The van der Waals surface area contributed by atoms with E-state index in [1.54, 1.807) is 28.3 Å². The van der Waals surface area contributed by atoms with Crippen LogP contribution in [0.5, 0.6) is 0 Å². The average Bonchev–Trinajstić information content (AvgIpc) is 3.49. The first-order chi connectivity index (χ1) is 19.0. The lowest BCUT2D eigenvalue weighted by atomic mass is 10.0. The van der Waals surface area contributed by atoms with Gasteiger partial charge in [0, 0.05) is 65.8 Å². The van der Waals surface area contributed by atoms with Gasteiger partial charge in [0.05, 0.1) is 17.0 Å². The minimum Gasteiger partial charge on any atom is -0.398 e. The molecule has 0 bridgehead atoms. The van der Waals surface area contributed by atoms with Crippen LogP contribution in [0.3, 0.4) is 0 Å². The van der Waals surface area contributed by atoms with Gasteiger partial charge in [-0.15, -0.1) is 11.3 Å². The van der Waals surface area contributed by atoms with Crippen molar-refractivity contribution in [3.8, 4) is 21.7 Å². The van der Waals surface area contributed by atoms with Crippen LogP contribution in [-0.4, -0.2) is 52.8 Å². The van der Waals surface area contributed by atoms with Crippen molar-refractivity contribution in [2.75, 3.05) is 49.2 Å². The lowest BCUT2D eigenvalue weighted by Crippen LogP contribution is -2.44. The van der Waals surface area contributed by atoms with Crippen molar-refractivity contribution in [3.63, 3.8) is 0 Å². The van der Waals surface area contributed by atoms with Gasteiger partial charge in [-0.2, -0.15) is 4.98 Å². The summed E-state index contributed by atoms with van der Waals surface area (Å²) in [6, 6.07) is 20.0. The number of nitrogens with one attached hydrogen (secondary N) is 1. The van der Waals surface area contributed by atoms with Gasteiger partial charge < -0.3 is 20.9 Å². The van der Waals surface area contributed by atoms with Crippen LogP contribution in [0, 0.1) is 4.91 Å². The highest BCUT2D eigenvalue weighted by Crippen LogP contribution is 2.32. The number of piperazine rings is 1. The Balaban J connectivity index is 1.29. The van der Waals surface area contributed by atoms with E-state index in [4.69, 9.17) is 10.7 Å². The molecule has 4 heterocycles. The summed E-state index contributed by atoms with van der Waals surface area (Å²) in [6.45, 7) is 6.55. The SMILES string of the molecule is CCn1c2nc(Nc3ccc(N4CCN(C)CC4)cc3)ncc2cc(-c2ccc(-c3cccs3)cc2N)[n+]1=O. The van der Waals surface area contributed by atoms with Crippen LogP contribution in [0.25, 0.3) is 32.7 Å². The van der Waals surface area contributed by atoms with Gasteiger partial charge in [0.2, 0.25) is 11.6 Å². The first-order valence-electron chi connectivity index (χ1n) is 13.1. The van der Waals surface area contributed by atoms with Gasteiger partial charge in [-0.05, 0) is 67.4 Å². The zero-order valence-corrected chi connectivity index (χ0v) is 22.9. The number of nitrogens with zero attached hydrogens (tertiary/aromatic N) is 6. The maximum Gasteiger partial charge on any atom is 0.302 e. The van der Waals surface area contributed by atoms with E-state index in [9.17, 15) is 4.91 Å². The summed E-state index contributed by atoms with van der Waals surface area (Å²) in [7, 11) is 2.16. The van der Waals surface area contributed by atoms with Crippen LogP contribution < -0.4 is 20.5 Å². The molecule has 0 unspecified atom stereocenters. The Morgan fingerprint density at radius 1 is 1.05 bits per heavy atom. The van der Waals surface area contributed by atoms with Crippen molar-refractivity contribution in [2.24, 2.45) is 0 Å². The lowest BCUT2D eigenvalue weighted by molar-refractivity contribution is -0.584. The standard InChI is InChI=1S/C29H31N8OS/c1-3-36-28-21(18-26(37(36)38)24-11-6-20(17-25(24)30)27-5-4-16-39-27)19-31-29(33-28)32-22-7-9-23(10-8-22)35-14-12-34(2)13-15-35/h4-11,16-19H,3,12-15,30H2,1-2H3,(H,31,32,33)/q+1. The van der Waals surface area contributed by atoms with Crippen molar-refractivity contribution >= 4 is 45.4 Å². The second kappa shape index (κ2) is 10.5. The number of rotatable bonds is 6. The third-order valence-electron chi connectivity index (χ3n) is 7.18. The van der Waals surface area contributed by atoms with E-state index in [-0.39, 0.29) is 0 Å². The molecule has 0 aliphatic carbocycles. The quantitative estimate of drug-likeness (QED) is 0.235. The number of thiophene rings is 1. The largest absolute Gasteiger partial charge is 0.398 e. The number of anilines is 4. The number of aryl methyl sites for hydroxylation is 1. The van der Waals surface area contributed by atoms with Crippen LogP contribution >= 0.6 is 11.3 Å². The highest BCUT2D eigenvalue weighted by atomic mass is 32.1. The first-order valence-corrected chi connectivity index (χ1v) is 14.0. The lowest BCUT2D eigenvalue weighted by Gasteiger charge is -2.34.